The van der Waals surface area contributed by atoms with Gasteiger partial charge in [-0.3, -0.25) is 10.1 Å². The molecule has 94 valence electrons. The van der Waals surface area contributed by atoms with Gasteiger partial charge < -0.3 is 4.74 Å². The highest BCUT2D eigenvalue weighted by Gasteiger charge is 2.14. The molecule has 0 amide bonds. The van der Waals surface area contributed by atoms with Crippen molar-refractivity contribution >= 4 is 17.0 Å². The minimum Gasteiger partial charge on any atom is -0.493 e. The third-order valence-electron chi connectivity index (χ3n) is 2.31. The molecule has 0 aliphatic rings. The third-order valence-corrected chi connectivity index (χ3v) is 3.25. The number of hydrogen-bond donors (Lipinski definition) is 0. The molecule has 4 nitrogen and oxygen atoms in total. The Balaban J connectivity index is 1.94. The summed E-state index contributed by atoms with van der Waals surface area (Å²) in [5, 5.41) is 12.4. The van der Waals surface area contributed by atoms with E-state index in [0.29, 0.717) is 12.4 Å². The van der Waals surface area contributed by atoms with E-state index in [1.165, 1.54) is 10.9 Å². The average molecular weight is 267 g/mol. The second kappa shape index (κ2) is 5.59. The Morgan fingerprint density at radius 3 is 2.83 bits per heavy atom. The molecule has 0 aliphatic heterocycles. The van der Waals surface area contributed by atoms with E-state index in [1.807, 2.05) is 17.5 Å². The molecule has 0 radical (unpaired) electrons. The highest BCUT2D eigenvalue weighted by atomic mass is 32.1. The molecule has 0 atom stereocenters. The van der Waals surface area contributed by atoms with Gasteiger partial charge in [-0.2, -0.15) is 4.39 Å². The maximum absolute atomic E-state index is 13.3. The molecule has 2 aromatic rings. The molecule has 18 heavy (non-hydrogen) atoms. The van der Waals surface area contributed by atoms with Gasteiger partial charge in [-0.05, 0) is 17.5 Å². The summed E-state index contributed by atoms with van der Waals surface area (Å²) in [4.78, 5) is 10.8. The number of thiophene rings is 1. The van der Waals surface area contributed by atoms with Crippen LogP contribution in [0.4, 0.5) is 10.1 Å². The third kappa shape index (κ3) is 3.04. The minimum atomic E-state index is -0.881. The molecule has 0 aliphatic carbocycles. The molecule has 1 aromatic heterocycles. The Kier molecular flexibility index (Phi) is 3.88. The first-order valence-corrected chi connectivity index (χ1v) is 6.14. The van der Waals surface area contributed by atoms with Crippen LogP contribution in [0.3, 0.4) is 0 Å². The summed E-state index contributed by atoms with van der Waals surface area (Å²) in [5.41, 5.74) is -0.541. The smallest absolute Gasteiger partial charge is 0.305 e. The summed E-state index contributed by atoms with van der Waals surface area (Å²) in [6.45, 7) is 0.414. The summed E-state index contributed by atoms with van der Waals surface area (Å²) in [6, 6.07) is 7.48. The molecule has 0 spiro atoms. The molecule has 1 heterocycles. The first-order valence-electron chi connectivity index (χ1n) is 5.26. The van der Waals surface area contributed by atoms with Crippen LogP contribution in [0.5, 0.6) is 5.75 Å². The molecule has 0 fully saturated rings. The highest BCUT2D eigenvalue weighted by Crippen LogP contribution is 2.22. The van der Waals surface area contributed by atoms with Crippen molar-refractivity contribution in [1.82, 2.24) is 0 Å². The molecule has 0 bridgehead atoms. The van der Waals surface area contributed by atoms with E-state index in [4.69, 9.17) is 4.74 Å². The average Bonchev–Trinajstić information content (AvgIpc) is 2.81. The Hall–Kier alpha value is -1.95. The number of halogens is 1. The molecule has 2 rings (SSSR count). The number of nitro groups is 1. The van der Waals surface area contributed by atoms with Crippen molar-refractivity contribution in [3.8, 4) is 5.75 Å². The van der Waals surface area contributed by atoms with Gasteiger partial charge in [0.15, 0.2) is 0 Å². The second-order valence-corrected chi connectivity index (χ2v) is 4.58. The van der Waals surface area contributed by atoms with Gasteiger partial charge in [-0.25, -0.2) is 0 Å². The van der Waals surface area contributed by atoms with Crippen molar-refractivity contribution < 1.29 is 14.1 Å². The van der Waals surface area contributed by atoms with Crippen LogP contribution in [0.1, 0.15) is 4.88 Å². The molecular weight excluding hydrogens is 257 g/mol. The van der Waals surface area contributed by atoms with E-state index in [1.54, 1.807) is 11.3 Å². The maximum Gasteiger partial charge on any atom is 0.305 e. The molecule has 1 aromatic carbocycles. The monoisotopic (exact) mass is 267 g/mol. The molecule has 0 unspecified atom stereocenters. The lowest BCUT2D eigenvalue weighted by Crippen LogP contribution is -2.01. The number of nitro benzene ring substituents is 1. The topological polar surface area (TPSA) is 52.4 Å². The lowest BCUT2D eigenvalue weighted by atomic mass is 10.3. The first kappa shape index (κ1) is 12.5. The van der Waals surface area contributed by atoms with Crippen LogP contribution >= 0.6 is 11.3 Å². The van der Waals surface area contributed by atoms with Crippen molar-refractivity contribution in [2.24, 2.45) is 0 Å². The Morgan fingerprint density at radius 2 is 2.22 bits per heavy atom. The summed E-state index contributed by atoms with van der Waals surface area (Å²) in [6.07, 6.45) is 0.732. The van der Waals surface area contributed by atoms with Crippen molar-refractivity contribution in [2.45, 2.75) is 6.42 Å². The van der Waals surface area contributed by atoms with Crippen molar-refractivity contribution in [3.05, 3.63) is 56.5 Å². The standard InChI is InChI=1S/C12H10FNO3S/c13-11-8-9(3-4-12(11)14(15)16)17-6-5-10-2-1-7-18-10/h1-4,7-8H,5-6H2. The first-order chi connectivity index (χ1) is 8.66. The van der Waals surface area contributed by atoms with Gasteiger partial charge in [0.05, 0.1) is 11.5 Å². The van der Waals surface area contributed by atoms with E-state index in [0.717, 1.165) is 18.6 Å². The van der Waals surface area contributed by atoms with E-state index < -0.39 is 16.4 Å². The van der Waals surface area contributed by atoms with Crippen LogP contribution in [0, 0.1) is 15.9 Å². The Bertz CT molecular complexity index is 542. The number of ether oxygens (including phenoxy) is 1. The van der Waals surface area contributed by atoms with Crippen LogP contribution in [-0.2, 0) is 6.42 Å². The van der Waals surface area contributed by atoms with Gasteiger partial charge >= 0.3 is 5.69 Å². The zero-order valence-electron chi connectivity index (χ0n) is 9.34. The quantitative estimate of drug-likeness (QED) is 0.616. The number of hydrogen-bond acceptors (Lipinski definition) is 4. The lowest BCUT2D eigenvalue weighted by molar-refractivity contribution is -0.387. The van der Waals surface area contributed by atoms with Gasteiger partial charge in [0.2, 0.25) is 5.82 Å². The number of rotatable bonds is 5. The fourth-order valence-corrected chi connectivity index (χ4v) is 2.14. The largest absolute Gasteiger partial charge is 0.493 e. The van der Waals surface area contributed by atoms with Crippen molar-refractivity contribution in [3.63, 3.8) is 0 Å². The summed E-state index contributed by atoms with van der Waals surface area (Å²) in [5.74, 6) is -0.580. The predicted molar refractivity (Wildman–Crippen MR) is 66.6 cm³/mol. The Labute approximate surface area is 107 Å². The van der Waals surface area contributed by atoms with Crippen LogP contribution in [0.2, 0.25) is 0 Å². The van der Waals surface area contributed by atoms with Gasteiger partial charge in [-0.15, -0.1) is 11.3 Å². The summed E-state index contributed by atoms with van der Waals surface area (Å²) >= 11 is 1.62. The molecule has 0 N–H and O–H groups in total. The van der Waals surface area contributed by atoms with E-state index >= 15 is 0 Å². The Morgan fingerprint density at radius 1 is 1.39 bits per heavy atom. The van der Waals surface area contributed by atoms with E-state index in [-0.39, 0.29) is 0 Å². The van der Waals surface area contributed by atoms with Crippen LogP contribution in [0.15, 0.2) is 35.7 Å². The molecular formula is C12H10FNO3S. The fourth-order valence-electron chi connectivity index (χ4n) is 1.45. The zero-order valence-corrected chi connectivity index (χ0v) is 10.2. The predicted octanol–water partition coefficient (Wildman–Crippen LogP) is 3.42. The minimum absolute atomic E-state index is 0.301. The molecule has 6 heteroatoms. The number of nitrogens with zero attached hydrogens (tertiary/aromatic N) is 1. The number of benzene rings is 1. The van der Waals surface area contributed by atoms with Crippen LogP contribution < -0.4 is 4.74 Å². The normalized spacial score (nSPS) is 10.3. The van der Waals surface area contributed by atoms with Gasteiger partial charge in [0.25, 0.3) is 0 Å². The summed E-state index contributed by atoms with van der Waals surface area (Å²) < 4.78 is 18.6. The van der Waals surface area contributed by atoms with Gasteiger partial charge in [0.1, 0.15) is 5.75 Å². The van der Waals surface area contributed by atoms with Crippen molar-refractivity contribution in [2.75, 3.05) is 6.61 Å². The van der Waals surface area contributed by atoms with Crippen molar-refractivity contribution in [1.29, 1.82) is 0 Å². The molecule has 0 saturated heterocycles. The zero-order chi connectivity index (χ0) is 13.0. The van der Waals surface area contributed by atoms with Crippen LogP contribution in [-0.4, -0.2) is 11.5 Å². The SMILES string of the molecule is O=[N+]([O-])c1ccc(OCCc2cccs2)cc1F. The van der Waals surface area contributed by atoms with E-state index in [9.17, 15) is 14.5 Å². The van der Waals surface area contributed by atoms with Gasteiger partial charge in [-0.1, -0.05) is 6.07 Å². The highest BCUT2D eigenvalue weighted by molar-refractivity contribution is 7.09. The fraction of sp³-hybridized carbons (Fsp3) is 0.167. The summed E-state index contributed by atoms with van der Waals surface area (Å²) in [7, 11) is 0. The lowest BCUT2D eigenvalue weighted by Gasteiger charge is -2.05. The molecule has 0 saturated carbocycles. The second-order valence-electron chi connectivity index (χ2n) is 3.55. The van der Waals surface area contributed by atoms with E-state index in [2.05, 4.69) is 0 Å². The van der Waals surface area contributed by atoms with Gasteiger partial charge in [0, 0.05) is 23.4 Å². The van der Waals surface area contributed by atoms with Crippen LogP contribution in [0.25, 0.3) is 0 Å². The maximum atomic E-state index is 13.3.